The maximum absolute atomic E-state index is 11.9. The van der Waals surface area contributed by atoms with E-state index in [1.54, 1.807) is 25.3 Å². The summed E-state index contributed by atoms with van der Waals surface area (Å²) in [5.74, 6) is 0.744. The zero-order valence-corrected chi connectivity index (χ0v) is 18.2. The number of nitrogens with zero attached hydrogens (tertiary/aromatic N) is 1. The quantitative estimate of drug-likeness (QED) is 0.638. The molecular formula is C22H26ClNO7. The fraction of sp³-hybridized carbons (Fsp3) is 0.409. The molecule has 3 N–H and O–H groups in total. The second-order valence-electron chi connectivity index (χ2n) is 7.55. The van der Waals surface area contributed by atoms with Crippen molar-refractivity contribution in [2.75, 3.05) is 21.2 Å². The molecule has 1 heterocycles. The van der Waals surface area contributed by atoms with Crippen molar-refractivity contribution in [3.05, 3.63) is 64.2 Å². The smallest absolute Gasteiger partial charge is 0.411 e. The van der Waals surface area contributed by atoms with Gasteiger partial charge >= 0.3 is 6.09 Å². The number of ether oxygens (including phenoxy) is 3. The topological polar surface area (TPSA) is 109 Å². The van der Waals surface area contributed by atoms with E-state index in [1.165, 1.54) is 14.1 Å². The normalized spacial score (nSPS) is 25.7. The van der Waals surface area contributed by atoms with E-state index in [0.29, 0.717) is 17.0 Å². The van der Waals surface area contributed by atoms with E-state index in [2.05, 4.69) is 0 Å². The molecule has 5 unspecified atom stereocenters. The predicted molar refractivity (Wildman–Crippen MR) is 113 cm³/mol. The molecule has 1 amide bonds. The molecule has 1 aliphatic rings. The standard InChI is InChI=1S/C22H26ClNO7/c1-24(2)22(28)31-21-19(27)17(25)18(26)20(30-21)13-6-9-16(23)14(11-13)10-12-4-7-15(29-3)8-5-12/h4-9,11,17-21,25-27H,10H2,1-3H3. The van der Waals surface area contributed by atoms with Gasteiger partial charge in [-0.25, -0.2) is 4.79 Å². The average molecular weight is 452 g/mol. The van der Waals surface area contributed by atoms with Gasteiger partial charge in [0.05, 0.1) is 7.11 Å². The summed E-state index contributed by atoms with van der Waals surface area (Å²) in [5.41, 5.74) is 2.30. The molecule has 2 aromatic carbocycles. The van der Waals surface area contributed by atoms with Crippen LogP contribution in [0.2, 0.25) is 5.02 Å². The maximum Gasteiger partial charge on any atom is 0.411 e. The first kappa shape index (κ1) is 23.3. The lowest BCUT2D eigenvalue weighted by Crippen LogP contribution is -2.55. The number of carbonyl (C=O) groups is 1. The van der Waals surface area contributed by atoms with Crippen LogP contribution < -0.4 is 4.74 Å². The van der Waals surface area contributed by atoms with Crippen LogP contribution in [0.1, 0.15) is 22.8 Å². The molecule has 0 aliphatic carbocycles. The monoisotopic (exact) mass is 451 g/mol. The summed E-state index contributed by atoms with van der Waals surface area (Å²) in [5, 5.41) is 31.5. The Morgan fingerprint density at radius 2 is 1.74 bits per heavy atom. The second-order valence-corrected chi connectivity index (χ2v) is 7.96. The van der Waals surface area contributed by atoms with Crippen LogP contribution in [0.3, 0.4) is 0 Å². The first-order valence-electron chi connectivity index (χ1n) is 9.70. The van der Waals surface area contributed by atoms with Crippen LogP contribution in [0.25, 0.3) is 0 Å². The SMILES string of the molecule is COc1ccc(Cc2cc(C3OC(OC(=O)N(C)C)C(O)C(O)C3O)ccc2Cl)cc1. The number of aliphatic hydroxyl groups is 3. The van der Waals surface area contributed by atoms with Crippen LogP contribution >= 0.6 is 11.6 Å². The highest BCUT2D eigenvalue weighted by Crippen LogP contribution is 2.35. The maximum atomic E-state index is 11.9. The van der Waals surface area contributed by atoms with Gasteiger partial charge < -0.3 is 34.4 Å². The molecule has 31 heavy (non-hydrogen) atoms. The molecule has 168 valence electrons. The van der Waals surface area contributed by atoms with Gasteiger partial charge in [-0.15, -0.1) is 0 Å². The van der Waals surface area contributed by atoms with Crippen LogP contribution in [0.15, 0.2) is 42.5 Å². The van der Waals surface area contributed by atoms with Crippen LogP contribution in [0.5, 0.6) is 5.75 Å². The van der Waals surface area contributed by atoms with Gasteiger partial charge in [0.25, 0.3) is 0 Å². The molecule has 1 saturated heterocycles. The molecule has 5 atom stereocenters. The zero-order valence-electron chi connectivity index (χ0n) is 17.4. The van der Waals surface area contributed by atoms with E-state index in [-0.39, 0.29) is 0 Å². The highest BCUT2D eigenvalue weighted by atomic mass is 35.5. The lowest BCUT2D eigenvalue weighted by Gasteiger charge is -2.40. The third-order valence-corrected chi connectivity index (χ3v) is 5.47. The Hall–Kier alpha value is -2.36. The molecule has 0 radical (unpaired) electrons. The Balaban J connectivity index is 1.84. The molecule has 0 aromatic heterocycles. The summed E-state index contributed by atoms with van der Waals surface area (Å²) in [4.78, 5) is 13.0. The van der Waals surface area contributed by atoms with Crippen molar-refractivity contribution in [2.24, 2.45) is 0 Å². The van der Waals surface area contributed by atoms with Crippen molar-refractivity contribution >= 4 is 17.7 Å². The Labute approximate surface area is 185 Å². The minimum Gasteiger partial charge on any atom is -0.497 e. The van der Waals surface area contributed by atoms with Crippen LogP contribution in [-0.2, 0) is 15.9 Å². The number of rotatable bonds is 5. The lowest BCUT2D eigenvalue weighted by molar-refractivity contribution is -0.284. The number of hydrogen-bond donors (Lipinski definition) is 3. The van der Waals surface area contributed by atoms with E-state index in [0.717, 1.165) is 21.8 Å². The third-order valence-electron chi connectivity index (χ3n) is 5.10. The first-order chi connectivity index (χ1) is 14.7. The predicted octanol–water partition coefficient (Wildman–Crippen LogP) is 2.12. The Bertz CT molecular complexity index is 905. The third kappa shape index (κ3) is 5.28. The van der Waals surface area contributed by atoms with Gasteiger partial charge in [-0.05, 0) is 41.3 Å². The van der Waals surface area contributed by atoms with Gasteiger partial charge in [-0.1, -0.05) is 35.9 Å². The summed E-state index contributed by atoms with van der Waals surface area (Å²) in [6, 6.07) is 12.6. The second kappa shape index (κ2) is 9.84. The van der Waals surface area contributed by atoms with Crippen LogP contribution in [0, 0.1) is 0 Å². The first-order valence-corrected chi connectivity index (χ1v) is 10.1. The Morgan fingerprint density at radius 1 is 1.06 bits per heavy atom. The number of hydrogen-bond acceptors (Lipinski definition) is 7. The summed E-state index contributed by atoms with van der Waals surface area (Å²) < 4.78 is 16.0. The van der Waals surface area contributed by atoms with Crippen LogP contribution in [0.4, 0.5) is 4.79 Å². The number of amides is 1. The number of benzene rings is 2. The Kier molecular flexibility index (Phi) is 7.40. The largest absolute Gasteiger partial charge is 0.497 e. The molecular weight excluding hydrogens is 426 g/mol. The molecule has 2 aromatic rings. The van der Waals surface area contributed by atoms with Crippen molar-refractivity contribution in [3.63, 3.8) is 0 Å². The minimum atomic E-state index is -1.60. The number of methoxy groups -OCH3 is 1. The number of carbonyl (C=O) groups excluding carboxylic acids is 1. The highest BCUT2D eigenvalue weighted by Gasteiger charge is 2.46. The average Bonchev–Trinajstić information content (AvgIpc) is 2.76. The lowest BCUT2D eigenvalue weighted by atomic mass is 9.92. The van der Waals surface area contributed by atoms with E-state index < -0.39 is 36.8 Å². The molecule has 9 heteroatoms. The van der Waals surface area contributed by atoms with Gasteiger partial charge in [0, 0.05) is 19.1 Å². The van der Waals surface area contributed by atoms with E-state index in [9.17, 15) is 20.1 Å². The number of halogens is 1. The molecule has 0 saturated carbocycles. The van der Waals surface area contributed by atoms with E-state index in [1.807, 2.05) is 24.3 Å². The summed E-state index contributed by atoms with van der Waals surface area (Å²) in [6.45, 7) is 0. The molecule has 0 spiro atoms. The van der Waals surface area contributed by atoms with Gasteiger partial charge in [-0.3, -0.25) is 0 Å². The zero-order chi connectivity index (χ0) is 22.7. The van der Waals surface area contributed by atoms with Crippen molar-refractivity contribution < 1.29 is 34.3 Å². The van der Waals surface area contributed by atoms with Gasteiger partial charge in [0.1, 0.15) is 30.2 Å². The number of aliphatic hydroxyl groups excluding tert-OH is 3. The van der Waals surface area contributed by atoms with Crippen molar-refractivity contribution in [2.45, 2.75) is 37.1 Å². The molecule has 8 nitrogen and oxygen atoms in total. The van der Waals surface area contributed by atoms with E-state index in [4.69, 9.17) is 25.8 Å². The fourth-order valence-electron chi connectivity index (χ4n) is 3.30. The van der Waals surface area contributed by atoms with Crippen molar-refractivity contribution in [3.8, 4) is 5.75 Å². The van der Waals surface area contributed by atoms with Gasteiger partial charge in [0.2, 0.25) is 6.29 Å². The Morgan fingerprint density at radius 3 is 2.35 bits per heavy atom. The fourth-order valence-corrected chi connectivity index (χ4v) is 3.48. The summed E-state index contributed by atoms with van der Waals surface area (Å²) in [7, 11) is 4.55. The van der Waals surface area contributed by atoms with Crippen molar-refractivity contribution in [1.82, 2.24) is 4.90 Å². The minimum absolute atomic E-state index is 0.518. The molecule has 3 rings (SSSR count). The summed E-state index contributed by atoms with van der Waals surface area (Å²) >= 11 is 6.37. The molecule has 1 aliphatic heterocycles. The highest BCUT2D eigenvalue weighted by molar-refractivity contribution is 6.31. The van der Waals surface area contributed by atoms with Gasteiger partial charge in [-0.2, -0.15) is 0 Å². The van der Waals surface area contributed by atoms with Crippen molar-refractivity contribution in [1.29, 1.82) is 0 Å². The van der Waals surface area contributed by atoms with Crippen LogP contribution in [-0.4, -0.2) is 72.1 Å². The van der Waals surface area contributed by atoms with E-state index >= 15 is 0 Å². The van der Waals surface area contributed by atoms with Gasteiger partial charge in [0.15, 0.2) is 0 Å². The summed E-state index contributed by atoms with van der Waals surface area (Å²) in [6.07, 6.45) is -7.31. The molecule has 1 fully saturated rings. The molecule has 0 bridgehead atoms.